The van der Waals surface area contributed by atoms with Gasteiger partial charge >= 0.3 is 0 Å². The summed E-state index contributed by atoms with van der Waals surface area (Å²) in [6, 6.07) is 4.79. The van der Waals surface area contributed by atoms with Gasteiger partial charge in [0.2, 0.25) is 5.91 Å². The number of halogens is 3. The molecule has 0 radical (unpaired) electrons. The third-order valence-corrected chi connectivity index (χ3v) is 5.59. The molecule has 1 heterocycles. The van der Waals surface area contributed by atoms with Crippen molar-refractivity contribution in [1.29, 1.82) is 0 Å². The number of guanidine groups is 1. The Bertz CT molecular complexity index is 734. The molecule has 0 unspecified atom stereocenters. The number of hydrogen-bond acceptors (Lipinski definition) is 2. The van der Waals surface area contributed by atoms with E-state index in [1.807, 2.05) is 25.7 Å². The molecule has 1 fully saturated rings. The maximum absolute atomic E-state index is 13.4. The highest BCUT2D eigenvalue weighted by Gasteiger charge is 2.26. The zero-order valence-electron chi connectivity index (χ0n) is 18.6. The Morgan fingerprint density at radius 3 is 2.50 bits per heavy atom. The van der Waals surface area contributed by atoms with Gasteiger partial charge in [-0.2, -0.15) is 0 Å². The van der Waals surface area contributed by atoms with Crippen molar-refractivity contribution in [3.63, 3.8) is 0 Å². The highest BCUT2D eigenvalue weighted by molar-refractivity contribution is 14.0. The van der Waals surface area contributed by atoms with Gasteiger partial charge in [0.1, 0.15) is 5.82 Å². The summed E-state index contributed by atoms with van der Waals surface area (Å²) in [4.78, 5) is 18.9. The van der Waals surface area contributed by atoms with Gasteiger partial charge in [0.05, 0.1) is 6.54 Å². The Morgan fingerprint density at radius 2 is 1.97 bits per heavy atom. The molecule has 0 aliphatic carbocycles. The van der Waals surface area contributed by atoms with Crippen molar-refractivity contribution in [2.75, 3.05) is 26.2 Å². The fourth-order valence-electron chi connectivity index (χ4n) is 3.52. The minimum absolute atomic E-state index is 0. The molecule has 1 aromatic carbocycles. The minimum Gasteiger partial charge on any atom is -0.357 e. The van der Waals surface area contributed by atoms with Crippen molar-refractivity contribution in [1.82, 2.24) is 15.5 Å². The van der Waals surface area contributed by atoms with Crippen LogP contribution in [0.25, 0.3) is 0 Å². The topological polar surface area (TPSA) is 56.7 Å². The van der Waals surface area contributed by atoms with E-state index in [1.165, 1.54) is 12.1 Å². The van der Waals surface area contributed by atoms with Crippen molar-refractivity contribution in [2.24, 2.45) is 10.9 Å². The van der Waals surface area contributed by atoms with Gasteiger partial charge in [0.25, 0.3) is 0 Å². The number of carbonyl (C=O) groups excluding carboxylic acids is 1. The van der Waals surface area contributed by atoms with Crippen LogP contribution in [0.1, 0.15) is 53.0 Å². The summed E-state index contributed by atoms with van der Waals surface area (Å²) < 4.78 is 13.4. The van der Waals surface area contributed by atoms with Crippen molar-refractivity contribution in [3.05, 3.63) is 34.6 Å². The quantitative estimate of drug-likeness (QED) is 0.309. The summed E-state index contributed by atoms with van der Waals surface area (Å²) >= 11 is 6.26. The molecule has 2 rings (SSSR count). The first kappa shape index (κ1) is 26.9. The number of carbonyl (C=O) groups is 1. The number of rotatable bonds is 6. The lowest BCUT2D eigenvalue weighted by molar-refractivity contribution is -0.135. The molecule has 0 aromatic heterocycles. The van der Waals surface area contributed by atoms with E-state index in [4.69, 9.17) is 16.6 Å². The molecule has 0 bridgehead atoms. The van der Waals surface area contributed by atoms with Gasteiger partial charge in [-0.05, 0) is 37.5 Å². The fourth-order valence-corrected chi connectivity index (χ4v) is 3.95. The summed E-state index contributed by atoms with van der Waals surface area (Å²) in [6.45, 7) is 12.8. The molecule has 5 nitrogen and oxygen atoms in total. The van der Waals surface area contributed by atoms with Crippen LogP contribution in [0.15, 0.2) is 23.2 Å². The van der Waals surface area contributed by atoms with E-state index < -0.39 is 0 Å². The number of nitrogens with zero attached hydrogens (tertiary/aromatic N) is 2. The molecular weight excluding hydrogens is 518 g/mol. The van der Waals surface area contributed by atoms with Crippen LogP contribution in [0.3, 0.4) is 0 Å². The molecule has 1 aliphatic rings. The second-order valence-electron chi connectivity index (χ2n) is 8.60. The maximum Gasteiger partial charge on any atom is 0.225 e. The average molecular weight is 553 g/mol. The summed E-state index contributed by atoms with van der Waals surface area (Å²) in [7, 11) is 0. The van der Waals surface area contributed by atoms with Crippen molar-refractivity contribution in [3.8, 4) is 0 Å². The van der Waals surface area contributed by atoms with Crippen LogP contribution < -0.4 is 10.6 Å². The Labute approximate surface area is 202 Å². The summed E-state index contributed by atoms with van der Waals surface area (Å²) in [5.41, 5.74) is 0.542. The number of likely N-dealkylation sites (tertiary alicyclic amines) is 1. The number of hydrogen-bond donors (Lipinski definition) is 2. The van der Waals surface area contributed by atoms with Gasteiger partial charge in [-0.3, -0.25) is 9.79 Å². The maximum atomic E-state index is 13.4. The van der Waals surface area contributed by atoms with Crippen LogP contribution in [-0.4, -0.2) is 49.0 Å². The average Bonchev–Trinajstić information content (AvgIpc) is 2.66. The molecule has 0 atom stereocenters. The number of benzene rings is 1. The number of piperidine rings is 1. The van der Waals surface area contributed by atoms with Gasteiger partial charge in [-0.25, -0.2) is 4.39 Å². The monoisotopic (exact) mass is 552 g/mol. The van der Waals surface area contributed by atoms with E-state index in [1.54, 1.807) is 6.07 Å². The molecule has 8 heteroatoms. The third-order valence-electron chi connectivity index (χ3n) is 5.28. The van der Waals surface area contributed by atoms with E-state index in [0.717, 1.165) is 44.0 Å². The lowest BCUT2D eigenvalue weighted by Gasteiger charge is -2.34. The standard InChI is InChI=1S/C22H34ClFN4O.HI/c1-6-25-21(27-17-9-11-28(12-10-17)20(29)15(2)3)26-14-22(4,5)18-8-7-16(24)13-19(18)23;/h7-8,13,15,17H,6,9-12,14H2,1-5H3,(H2,25,26,27);1H. The lowest BCUT2D eigenvalue weighted by Crippen LogP contribution is -2.50. The van der Waals surface area contributed by atoms with Crippen LogP contribution in [0.2, 0.25) is 5.02 Å². The lowest BCUT2D eigenvalue weighted by atomic mass is 9.84. The van der Waals surface area contributed by atoms with Crippen LogP contribution >= 0.6 is 35.6 Å². The SMILES string of the molecule is CCNC(=NCC(C)(C)c1ccc(F)cc1Cl)NC1CCN(C(=O)C(C)C)CC1.I. The highest BCUT2D eigenvalue weighted by atomic mass is 127. The molecule has 1 aromatic rings. The fraction of sp³-hybridized carbons (Fsp3) is 0.636. The van der Waals surface area contributed by atoms with E-state index in [-0.39, 0.29) is 53.1 Å². The first-order valence-corrected chi connectivity index (χ1v) is 10.8. The van der Waals surface area contributed by atoms with Crippen molar-refractivity contribution < 1.29 is 9.18 Å². The summed E-state index contributed by atoms with van der Waals surface area (Å²) in [6.07, 6.45) is 1.80. The zero-order valence-corrected chi connectivity index (χ0v) is 21.7. The predicted molar refractivity (Wildman–Crippen MR) is 133 cm³/mol. The Morgan fingerprint density at radius 1 is 1.33 bits per heavy atom. The molecule has 1 aliphatic heterocycles. The molecular formula is C22H35ClFIN4O. The van der Waals surface area contributed by atoms with Gasteiger partial charge < -0.3 is 15.5 Å². The largest absolute Gasteiger partial charge is 0.357 e. The first-order valence-electron chi connectivity index (χ1n) is 10.4. The molecule has 1 saturated heterocycles. The third kappa shape index (κ3) is 7.55. The van der Waals surface area contributed by atoms with Crippen LogP contribution in [-0.2, 0) is 10.2 Å². The molecule has 0 saturated carbocycles. The molecule has 30 heavy (non-hydrogen) atoms. The molecule has 170 valence electrons. The Balaban J connectivity index is 0.00000450. The number of amides is 1. The minimum atomic E-state index is -0.338. The molecule has 0 spiro atoms. The highest BCUT2D eigenvalue weighted by Crippen LogP contribution is 2.30. The number of aliphatic imine (C=N–C) groups is 1. The second-order valence-corrected chi connectivity index (χ2v) is 9.01. The van der Waals surface area contributed by atoms with E-state index in [2.05, 4.69) is 24.5 Å². The van der Waals surface area contributed by atoms with Gasteiger partial charge in [0, 0.05) is 42.0 Å². The van der Waals surface area contributed by atoms with E-state index in [0.29, 0.717) is 11.6 Å². The van der Waals surface area contributed by atoms with Gasteiger partial charge in [-0.1, -0.05) is 45.4 Å². The first-order chi connectivity index (χ1) is 13.6. The van der Waals surface area contributed by atoms with E-state index in [9.17, 15) is 9.18 Å². The normalized spacial score (nSPS) is 15.7. The van der Waals surface area contributed by atoms with Crippen LogP contribution in [0.5, 0.6) is 0 Å². The summed E-state index contributed by atoms with van der Waals surface area (Å²) in [5, 5.41) is 7.22. The molecule has 2 N–H and O–H groups in total. The van der Waals surface area contributed by atoms with Crippen molar-refractivity contribution in [2.45, 2.75) is 58.9 Å². The Kier molecular flexibility index (Phi) is 10.8. The van der Waals surface area contributed by atoms with Crippen LogP contribution in [0, 0.1) is 11.7 Å². The van der Waals surface area contributed by atoms with Gasteiger partial charge in [-0.15, -0.1) is 24.0 Å². The Hall–Kier alpha value is -1.09. The summed E-state index contributed by atoms with van der Waals surface area (Å²) in [5.74, 6) is 0.684. The van der Waals surface area contributed by atoms with Gasteiger partial charge in [0.15, 0.2) is 5.96 Å². The molecule has 1 amide bonds. The van der Waals surface area contributed by atoms with Crippen molar-refractivity contribution >= 4 is 47.4 Å². The van der Waals surface area contributed by atoms with Crippen LogP contribution in [0.4, 0.5) is 4.39 Å². The smallest absolute Gasteiger partial charge is 0.225 e. The second kappa shape index (κ2) is 12.1. The predicted octanol–water partition coefficient (Wildman–Crippen LogP) is 4.58. The zero-order chi connectivity index (χ0) is 21.6. The van der Waals surface area contributed by atoms with E-state index >= 15 is 0 Å². The number of nitrogens with one attached hydrogen (secondary N) is 2.